The van der Waals surface area contributed by atoms with E-state index in [1.54, 1.807) is 12.3 Å². The molecule has 0 radical (unpaired) electrons. The molecule has 0 atom stereocenters. The van der Waals surface area contributed by atoms with Crippen molar-refractivity contribution >= 4 is 0 Å². The van der Waals surface area contributed by atoms with Crippen LogP contribution in [0.1, 0.15) is 31.7 Å². The van der Waals surface area contributed by atoms with Gasteiger partial charge >= 0.3 is 0 Å². The SMILES string of the molecule is CCCNCc1ccc(OCc2nccn2CC)c(F)c1. The summed E-state index contributed by atoms with van der Waals surface area (Å²) in [7, 11) is 0. The third-order valence-electron chi connectivity index (χ3n) is 3.25. The number of nitrogens with one attached hydrogen (secondary N) is 1. The molecule has 0 saturated carbocycles. The summed E-state index contributed by atoms with van der Waals surface area (Å²) in [5.74, 6) is 0.728. The molecule has 4 nitrogen and oxygen atoms in total. The number of aryl methyl sites for hydroxylation is 1. The Morgan fingerprint density at radius 1 is 1.33 bits per heavy atom. The number of benzene rings is 1. The van der Waals surface area contributed by atoms with E-state index < -0.39 is 0 Å². The first-order chi connectivity index (χ1) is 10.2. The van der Waals surface area contributed by atoms with Gasteiger partial charge in [0.25, 0.3) is 0 Å². The predicted molar refractivity (Wildman–Crippen MR) is 80.6 cm³/mol. The van der Waals surface area contributed by atoms with Crippen molar-refractivity contribution in [1.29, 1.82) is 0 Å². The zero-order valence-corrected chi connectivity index (χ0v) is 12.6. The first-order valence-corrected chi connectivity index (χ1v) is 7.36. The highest BCUT2D eigenvalue weighted by molar-refractivity contribution is 5.29. The Morgan fingerprint density at radius 3 is 2.90 bits per heavy atom. The van der Waals surface area contributed by atoms with Crippen LogP contribution in [-0.2, 0) is 19.7 Å². The molecule has 1 aromatic carbocycles. The van der Waals surface area contributed by atoms with Crippen LogP contribution in [0.25, 0.3) is 0 Å². The minimum absolute atomic E-state index is 0.264. The molecule has 21 heavy (non-hydrogen) atoms. The highest BCUT2D eigenvalue weighted by atomic mass is 19.1. The molecule has 0 aliphatic heterocycles. The van der Waals surface area contributed by atoms with E-state index in [1.165, 1.54) is 6.07 Å². The summed E-state index contributed by atoms with van der Waals surface area (Å²) in [4.78, 5) is 4.20. The van der Waals surface area contributed by atoms with Gasteiger partial charge in [-0.05, 0) is 37.6 Å². The van der Waals surface area contributed by atoms with Crippen molar-refractivity contribution in [2.75, 3.05) is 6.54 Å². The maximum Gasteiger partial charge on any atom is 0.165 e. The molecule has 2 aromatic rings. The van der Waals surface area contributed by atoms with E-state index in [9.17, 15) is 4.39 Å². The Hall–Kier alpha value is -1.88. The van der Waals surface area contributed by atoms with Gasteiger partial charge in [0.1, 0.15) is 12.4 Å². The summed E-state index contributed by atoms with van der Waals surface area (Å²) in [6, 6.07) is 5.08. The molecule has 1 heterocycles. The maximum absolute atomic E-state index is 14.0. The summed E-state index contributed by atoms with van der Waals surface area (Å²) in [6.45, 7) is 6.83. The van der Waals surface area contributed by atoms with Crippen molar-refractivity contribution in [2.45, 2.75) is 40.0 Å². The van der Waals surface area contributed by atoms with Gasteiger partial charge in [0.05, 0.1) is 0 Å². The highest BCUT2D eigenvalue weighted by Crippen LogP contribution is 2.19. The van der Waals surface area contributed by atoms with Gasteiger partial charge in [0.2, 0.25) is 0 Å². The Morgan fingerprint density at radius 2 is 2.19 bits per heavy atom. The van der Waals surface area contributed by atoms with Crippen molar-refractivity contribution in [2.24, 2.45) is 0 Å². The standard InChI is InChI=1S/C16H22FN3O/c1-3-7-18-11-13-5-6-15(14(17)10-13)21-12-16-19-8-9-20(16)4-2/h5-6,8-10,18H,3-4,7,11-12H2,1-2H3. The van der Waals surface area contributed by atoms with Crippen molar-refractivity contribution < 1.29 is 9.13 Å². The molecule has 0 amide bonds. The molecule has 114 valence electrons. The molecule has 1 N–H and O–H groups in total. The molecule has 0 unspecified atom stereocenters. The van der Waals surface area contributed by atoms with E-state index in [1.807, 2.05) is 23.8 Å². The van der Waals surface area contributed by atoms with Gasteiger partial charge in [-0.3, -0.25) is 0 Å². The van der Waals surface area contributed by atoms with Crippen molar-refractivity contribution in [3.05, 3.63) is 47.8 Å². The number of aromatic nitrogens is 2. The summed E-state index contributed by atoms with van der Waals surface area (Å²) in [5.41, 5.74) is 0.920. The maximum atomic E-state index is 14.0. The first kappa shape index (κ1) is 15.5. The Kier molecular flexibility index (Phi) is 5.75. The Balaban J connectivity index is 1.94. The quantitative estimate of drug-likeness (QED) is 0.760. The second kappa shape index (κ2) is 7.78. The van der Waals surface area contributed by atoms with Gasteiger partial charge in [-0.1, -0.05) is 13.0 Å². The van der Waals surface area contributed by atoms with Gasteiger partial charge in [-0.2, -0.15) is 0 Å². The van der Waals surface area contributed by atoms with E-state index in [0.717, 1.165) is 30.9 Å². The van der Waals surface area contributed by atoms with Crippen molar-refractivity contribution in [3.8, 4) is 5.75 Å². The predicted octanol–water partition coefficient (Wildman–Crippen LogP) is 3.12. The monoisotopic (exact) mass is 291 g/mol. The normalized spacial score (nSPS) is 10.8. The van der Waals surface area contributed by atoms with Crippen molar-refractivity contribution in [1.82, 2.24) is 14.9 Å². The third-order valence-corrected chi connectivity index (χ3v) is 3.25. The molecule has 0 aliphatic carbocycles. The van der Waals surface area contributed by atoms with Crippen LogP contribution in [0.5, 0.6) is 5.75 Å². The molecule has 0 fully saturated rings. The largest absolute Gasteiger partial charge is 0.483 e. The first-order valence-electron chi connectivity index (χ1n) is 7.36. The number of hydrogen-bond acceptors (Lipinski definition) is 3. The average Bonchev–Trinajstić information content (AvgIpc) is 2.94. The molecule has 0 spiro atoms. The van der Waals surface area contributed by atoms with Crippen LogP contribution in [-0.4, -0.2) is 16.1 Å². The summed E-state index contributed by atoms with van der Waals surface area (Å²) < 4.78 is 21.5. The number of hydrogen-bond donors (Lipinski definition) is 1. The van der Waals surface area contributed by atoms with Crippen LogP contribution in [0, 0.1) is 5.82 Å². The zero-order chi connectivity index (χ0) is 15.1. The molecule has 1 aromatic heterocycles. The zero-order valence-electron chi connectivity index (χ0n) is 12.6. The average molecular weight is 291 g/mol. The van der Waals surface area contributed by atoms with E-state index in [4.69, 9.17) is 4.74 Å². The number of ether oxygens (including phenoxy) is 1. The van der Waals surface area contributed by atoms with Gasteiger partial charge in [-0.25, -0.2) is 9.37 Å². The minimum Gasteiger partial charge on any atom is -0.483 e. The summed E-state index contributed by atoms with van der Waals surface area (Å²) >= 11 is 0. The fourth-order valence-corrected chi connectivity index (χ4v) is 2.09. The van der Waals surface area contributed by atoms with Crippen LogP contribution in [0.15, 0.2) is 30.6 Å². The number of imidazole rings is 1. The molecule has 2 rings (SSSR count). The molecular formula is C16H22FN3O. The number of halogens is 1. The number of rotatable bonds is 8. The van der Waals surface area contributed by atoms with Crippen LogP contribution >= 0.6 is 0 Å². The van der Waals surface area contributed by atoms with E-state index in [2.05, 4.69) is 17.2 Å². The number of nitrogens with zero attached hydrogens (tertiary/aromatic N) is 2. The lowest BCUT2D eigenvalue weighted by Crippen LogP contribution is -2.14. The topological polar surface area (TPSA) is 39.1 Å². The second-order valence-corrected chi connectivity index (χ2v) is 4.86. The smallest absolute Gasteiger partial charge is 0.165 e. The van der Waals surface area contributed by atoms with Crippen LogP contribution < -0.4 is 10.1 Å². The summed E-state index contributed by atoms with van der Waals surface area (Å²) in [5, 5.41) is 3.25. The fraction of sp³-hybridized carbons (Fsp3) is 0.438. The molecular weight excluding hydrogens is 269 g/mol. The van der Waals surface area contributed by atoms with Crippen LogP contribution in [0.3, 0.4) is 0 Å². The van der Waals surface area contributed by atoms with E-state index >= 15 is 0 Å². The second-order valence-electron chi connectivity index (χ2n) is 4.86. The van der Waals surface area contributed by atoms with Gasteiger partial charge in [0, 0.05) is 25.5 Å². The van der Waals surface area contributed by atoms with Crippen molar-refractivity contribution in [3.63, 3.8) is 0 Å². The van der Waals surface area contributed by atoms with Gasteiger partial charge in [-0.15, -0.1) is 0 Å². The molecule has 0 saturated heterocycles. The van der Waals surface area contributed by atoms with Crippen LogP contribution in [0.2, 0.25) is 0 Å². The lowest BCUT2D eigenvalue weighted by molar-refractivity contribution is 0.275. The highest BCUT2D eigenvalue weighted by Gasteiger charge is 2.07. The van der Waals surface area contributed by atoms with E-state index in [-0.39, 0.29) is 18.2 Å². The third kappa shape index (κ3) is 4.29. The molecule has 0 aliphatic rings. The fourth-order valence-electron chi connectivity index (χ4n) is 2.09. The van der Waals surface area contributed by atoms with E-state index in [0.29, 0.717) is 6.54 Å². The van der Waals surface area contributed by atoms with Crippen LogP contribution in [0.4, 0.5) is 4.39 Å². The molecule has 0 bridgehead atoms. The lowest BCUT2D eigenvalue weighted by Gasteiger charge is -2.10. The lowest BCUT2D eigenvalue weighted by atomic mass is 10.2. The minimum atomic E-state index is -0.333. The summed E-state index contributed by atoms with van der Waals surface area (Å²) in [6.07, 6.45) is 4.67. The Labute approximate surface area is 125 Å². The van der Waals surface area contributed by atoms with Gasteiger partial charge in [0.15, 0.2) is 11.6 Å². The Bertz CT molecular complexity index is 568. The van der Waals surface area contributed by atoms with Gasteiger partial charge < -0.3 is 14.6 Å². The molecule has 5 heteroatoms.